The van der Waals surface area contributed by atoms with Gasteiger partial charge in [0.25, 0.3) is 0 Å². The summed E-state index contributed by atoms with van der Waals surface area (Å²) in [5, 5.41) is 7.46. The molecule has 1 heterocycles. The number of aryl methyl sites for hydroxylation is 1. The number of fused-ring (bicyclic) bond motifs is 3. The van der Waals surface area contributed by atoms with Crippen LogP contribution in [0.25, 0.3) is 10.8 Å². The molecular weight excluding hydrogens is 479 g/mol. The summed E-state index contributed by atoms with van der Waals surface area (Å²) in [6.07, 6.45) is -0.213. The number of rotatable bonds is 4. The van der Waals surface area contributed by atoms with E-state index in [0.717, 1.165) is 0 Å². The van der Waals surface area contributed by atoms with E-state index in [-0.39, 0.29) is 6.10 Å². The van der Waals surface area contributed by atoms with Crippen LogP contribution in [0.15, 0.2) is 152 Å². The SMILES string of the molecule is Cc1ccc(C2OP(c3ccccc3)(c3ccccc3)(c3ccccc3)c3ccc4ccccc4c32)cc1. The maximum absolute atomic E-state index is 7.93. The molecule has 38 heavy (non-hydrogen) atoms. The van der Waals surface area contributed by atoms with E-state index in [1.165, 1.54) is 48.7 Å². The van der Waals surface area contributed by atoms with Crippen LogP contribution in [-0.4, -0.2) is 0 Å². The third-order valence-electron chi connectivity index (χ3n) is 8.11. The van der Waals surface area contributed by atoms with E-state index in [0.29, 0.717) is 0 Å². The molecule has 0 aromatic heterocycles. The van der Waals surface area contributed by atoms with E-state index < -0.39 is 6.83 Å². The second-order valence-electron chi connectivity index (χ2n) is 10.2. The van der Waals surface area contributed by atoms with Gasteiger partial charge in [-0.2, -0.15) is 0 Å². The second-order valence-corrected chi connectivity index (χ2v) is 14.5. The average Bonchev–Trinajstić information content (AvgIpc) is 3.33. The van der Waals surface area contributed by atoms with Crippen LogP contribution in [0.1, 0.15) is 22.8 Å². The predicted molar refractivity (Wildman–Crippen MR) is 163 cm³/mol. The van der Waals surface area contributed by atoms with Crippen LogP contribution in [-0.2, 0) is 4.52 Å². The predicted octanol–water partition coefficient (Wildman–Crippen LogP) is 7.34. The van der Waals surface area contributed by atoms with E-state index in [9.17, 15) is 0 Å². The number of hydrogen-bond donors (Lipinski definition) is 0. The van der Waals surface area contributed by atoms with Crippen LogP contribution in [0, 0.1) is 6.92 Å². The molecule has 0 amide bonds. The fourth-order valence-electron chi connectivity index (χ4n) is 6.41. The molecule has 184 valence electrons. The fourth-order valence-corrected chi connectivity index (χ4v) is 12.5. The maximum atomic E-state index is 7.93. The molecule has 0 radical (unpaired) electrons. The van der Waals surface area contributed by atoms with Gasteiger partial charge < -0.3 is 0 Å². The minimum atomic E-state index is -3.64. The van der Waals surface area contributed by atoms with Gasteiger partial charge in [0.2, 0.25) is 0 Å². The Morgan fingerprint density at radius 1 is 0.500 bits per heavy atom. The molecule has 7 rings (SSSR count). The summed E-state index contributed by atoms with van der Waals surface area (Å²) >= 11 is 0. The fraction of sp³-hybridized carbons (Fsp3) is 0.0556. The molecule has 0 saturated heterocycles. The van der Waals surface area contributed by atoms with Gasteiger partial charge in [0.15, 0.2) is 0 Å². The van der Waals surface area contributed by atoms with Crippen LogP contribution < -0.4 is 21.2 Å². The van der Waals surface area contributed by atoms with Crippen molar-refractivity contribution in [3.63, 3.8) is 0 Å². The molecule has 2 heteroatoms. The van der Waals surface area contributed by atoms with Crippen molar-refractivity contribution >= 4 is 38.8 Å². The summed E-state index contributed by atoms with van der Waals surface area (Å²) in [5.74, 6) is 0. The van der Waals surface area contributed by atoms with E-state index in [1.807, 2.05) is 0 Å². The van der Waals surface area contributed by atoms with Gasteiger partial charge in [-0.05, 0) is 0 Å². The molecule has 1 atom stereocenters. The van der Waals surface area contributed by atoms with Gasteiger partial charge in [-0.1, -0.05) is 0 Å². The van der Waals surface area contributed by atoms with Crippen LogP contribution in [0.2, 0.25) is 0 Å². The molecule has 0 N–H and O–H groups in total. The normalized spacial score (nSPS) is 18.3. The van der Waals surface area contributed by atoms with Crippen molar-refractivity contribution in [3.8, 4) is 0 Å². The van der Waals surface area contributed by atoms with E-state index in [1.54, 1.807) is 0 Å². The van der Waals surface area contributed by atoms with Crippen molar-refractivity contribution in [1.29, 1.82) is 0 Å². The van der Waals surface area contributed by atoms with Gasteiger partial charge in [-0.15, -0.1) is 0 Å². The Balaban J connectivity index is 1.73. The Labute approximate surface area is 224 Å². The molecule has 0 spiro atoms. The zero-order chi connectivity index (χ0) is 25.6. The van der Waals surface area contributed by atoms with Gasteiger partial charge in [-0.25, -0.2) is 0 Å². The van der Waals surface area contributed by atoms with Crippen molar-refractivity contribution in [3.05, 3.63) is 168 Å². The first kappa shape index (κ1) is 23.1. The van der Waals surface area contributed by atoms with Gasteiger partial charge in [0, 0.05) is 0 Å². The first-order chi connectivity index (χ1) is 18.7. The summed E-state index contributed by atoms with van der Waals surface area (Å²) in [7, 11) is 0. The Hall–Kier alpha value is -4.03. The van der Waals surface area contributed by atoms with Crippen molar-refractivity contribution in [1.82, 2.24) is 0 Å². The van der Waals surface area contributed by atoms with E-state index in [4.69, 9.17) is 4.52 Å². The topological polar surface area (TPSA) is 9.23 Å². The van der Waals surface area contributed by atoms with Crippen LogP contribution in [0.3, 0.4) is 0 Å². The molecular formula is C36H29OP. The summed E-state index contributed by atoms with van der Waals surface area (Å²) < 4.78 is 7.93. The van der Waals surface area contributed by atoms with Crippen LogP contribution >= 0.6 is 6.83 Å². The Kier molecular flexibility index (Phi) is 5.34. The van der Waals surface area contributed by atoms with Crippen LogP contribution in [0.4, 0.5) is 0 Å². The Morgan fingerprint density at radius 2 is 1.00 bits per heavy atom. The van der Waals surface area contributed by atoms with Gasteiger partial charge >= 0.3 is 225 Å². The van der Waals surface area contributed by atoms with Crippen molar-refractivity contribution in [2.45, 2.75) is 13.0 Å². The molecule has 1 nitrogen and oxygen atoms in total. The minimum absolute atomic E-state index is 0.213. The molecule has 1 aliphatic rings. The Bertz CT molecular complexity index is 1640. The molecule has 0 fully saturated rings. The average molecular weight is 509 g/mol. The summed E-state index contributed by atoms with van der Waals surface area (Å²) in [6, 6.07) is 55.1. The first-order valence-corrected chi connectivity index (χ1v) is 15.3. The van der Waals surface area contributed by atoms with Gasteiger partial charge in [0.1, 0.15) is 0 Å². The molecule has 0 bridgehead atoms. The van der Waals surface area contributed by atoms with Gasteiger partial charge in [0.05, 0.1) is 0 Å². The number of hydrogen-bond acceptors (Lipinski definition) is 1. The summed E-state index contributed by atoms with van der Waals surface area (Å²) in [4.78, 5) is 0. The van der Waals surface area contributed by atoms with E-state index in [2.05, 4.69) is 159 Å². The zero-order valence-electron chi connectivity index (χ0n) is 21.4. The number of benzene rings is 6. The van der Waals surface area contributed by atoms with Crippen molar-refractivity contribution < 1.29 is 4.52 Å². The molecule has 6 aromatic carbocycles. The quantitative estimate of drug-likeness (QED) is 0.227. The first-order valence-electron chi connectivity index (χ1n) is 13.2. The molecule has 0 saturated carbocycles. The summed E-state index contributed by atoms with van der Waals surface area (Å²) in [6.45, 7) is -1.50. The standard InChI is InChI=1S/C36H29OP/c1-27-21-23-29(24-22-27)36-35-33-20-12-11-13-28(33)25-26-34(35)38(37-36,30-14-5-2-6-15-30,31-16-7-3-8-17-31)32-18-9-4-10-19-32/h2-26,36H,1H3. The Morgan fingerprint density at radius 3 is 1.55 bits per heavy atom. The molecule has 1 unspecified atom stereocenters. The molecule has 6 aromatic rings. The third kappa shape index (κ3) is 3.07. The monoisotopic (exact) mass is 508 g/mol. The third-order valence-corrected chi connectivity index (χ3v) is 13.9. The van der Waals surface area contributed by atoms with Crippen LogP contribution in [0.5, 0.6) is 0 Å². The van der Waals surface area contributed by atoms with Crippen molar-refractivity contribution in [2.75, 3.05) is 0 Å². The summed E-state index contributed by atoms with van der Waals surface area (Å²) in [5.41, 5.74) is 3.71. The van der Waals surface area contributed by atoms with Gasteiger partial charge in [-0.3, -0.25) is 0 Å². The van der Waals surface area contributed by atoms with E-state index >= 15 is 0 Å². The zero-order valence-corrected chi connectivity index (χ0v) is 22.3. The molecule has 0 aliphatic carbocycles. The van der Waals surface area contributed by atoms with Crippen molar-refractivity contribution in [2.24, 2.45) is 0 Å². The second kappa shape index (κ2) is 8.77. The molecule has 1 aliphatic heterocycles.